The van der Waals surface area contributed by atoms with E-state index in [9.17, 15) is 4.39 Å². The second-order valence-corrected chi connectivity index (χ2v) is 5.12. The molecule has 1 aliphatic rings. The summed E-state index contributed by atoms with van der Waals surface area (Å²) in [5.74, 6) is -0.167. The maximum absolute atomic E-state index is 13.3. The van der Waals surface area contributed by atoms with Crippen LogP contribution in [0.15, 0.2) is 24.3 Å². The molecule has 0 aliphatic carbocycles. The Morgan fingerprint density at radius 3 is 3.00 bits per heavy atom. The normalized spacial score (nSPS) is 21.6. The Labute approximate surface area is 114 Å². The smallest absolute Gasteiger partial charge is 0.123 e. The molecular formula is C15H23FN2O. The van der Waals surface area contributed by atoms with E-state index in [1.54, 1.807) is 12.1 Å². The molecule has 0 spiro atoms. The highest BCUT2D eigenvalue weighted by molar-refractivity contribution is 5.20. The molecule has 0 saturated carbocycles. The molecule has 1 aromatic carbocycles. The summed E-state index contributed by atoms with van der Waals surface area (Å²) in [6.07, 6.45) is 1.18. The van der Waals surface area contributed by atoms with E-state index < -0.39 is 0 Å². The predicted octanol–water partition coefficient (Wildman–Crippen LogP) is 2.20. The summed E-state index contributed by atoms with van der Waals surface area (Å²) in [6.45, 7) is 5.59. The van der Waals surface area contributed by atoms with Gasteiger partial charge in [-0.25, -0.2) is 4.39 Å². The zero-order valence-corrected chi connectivity index (χ0v) is 11.7. The molecule has 1 saturated heterocycles. The van der Waals surface area contributed by atoms with Gasteiger partial charge < -0.3 is 10.1 Å². The number of hydrogen-bond acceptors (Lipinski definition) is 3. The molecule has 0 radical (unpaired) electrons. The minimum atomic E-state index is -0.167. The number of benzene rings is 1. The highest BCUT2D eigenvalue weighted by Gasteiger charge is 2.21. The summed E-state index contributed by atoms with van der Waals surface area (Å²) in [5, 5.41) is 3.33. The van der Waals surface area contributed by atoms with Crippen LogP contribution < -0.4 is 5.32 Å². The van der Waals surface area contributed by atoms with E-state index >= 15 is 0 Å². The third-order valence-electron chi connectivity index (χ3n) is 3.65. The topological polar surface area (TPSA) is 24.5 Å². The number of rotatable bonds is 5. The van der Waals surface area contributed by atoms with Crippen LogP contribution in [0.25, 0.3) is 0 Å². The Bertz CT molecular complexity index is 393. The summed E-state index contributed by atoms with van der Waals surface area (Å²) < 4.78 is 19.1. The lowest BCUT2D eigenvalue weighted by Crippen LogP contribution is -2.45. The Kier molecular flexibility index (Phi) is 5.31. The van der Waals surface area contributed by atoms with Crippen LogP contribution in [0, 0.1) is 5.82 Å². The van der Waals surface area contributed by atoms with Gasteiger partial charge in [0.1, 0.15) is 5.82 Å². The van der Waals surface area contributed by atoms with E-state index in [-0.39, 0.29) is 18.0 Å². The first kappa shape index (κ1) is 14.4. The monoisotopic (exact) mass is 266 g/mol. The van der Waals surface area contributed by atoms with E-state index in [4.69, 9.17) is 4.74 Å². The van der Waals surface area contributed by atoms with Crippen LogP contribution in [0.1, 0.15) is 24.9 Å². The van der Waals surface area contributed by atoms with Gasteiger partial charge in [-0.15, -0.1) is 0 Å². The summed E-state index contributed by atoms with van der Waals surface area (Å²) >= 11 is 0. The van der Waals surface area contributed by atoms with Gasteiger partial charge in [0, 0.05) is 25.7 Å². The molecule has 0 aromatic heterocycles. The number of nitrogens with one attached hydrogen (secondary N) is 1. The minimum Gasteiger partial charge on any atom is -0.374 e. The number of nitrogens with zero attached hydrogens (tertiary/aromatic N) is 1. The van der Waals surface area contributed by atoms with Crippen molar-refractivity contribution in [3.63, 3.8) is 0 Å². The van der Waals surface area contributed by atoms with Crippen molar-refractivity contribution in [2.45, 2.75) is 25.5 Å². The molecule has 106 valence electrons. The first-order valence-corrected chi connectivity index (χ1v) is 6.98. The second-order valence-electron chi connectivity index (χ2n) is 5.12. The zero-order valence-electron chi connectivity index (χ0n) is 11.7. The van der Waals surface area contributed by atoms with Crippen LogP contribution in [-0.4, -0.2) is 44.3 Å². The van der Waals surface area contributed by atoms with Crippen molar-refractivity contribution in [1.29, 1.82) is 0 Å². The van der Waals surface area contributed by atoms with Crippen LogP contribution in [0.3, 0.4) is 0 Å². The van der Waals surface area contributed by atoms with Gasteiger partial charge in [-0.05, 0) is 31.2 Å². The molecule has 0 bridgehead atoms. The predicted molar refractivity (Wildman–Crippen MR) is 74.7 cm³/mol. The van der Waals surface area contributed by atoms with Crippen molar-refractivity contribution < 1.29 is 9.13 Å². The standard InChI is InChI=1S/C15H23FN2O/c1-3-15(12-5-4-6-13(16)9-12)18(2)11-14-10-17-7-8-19-14/h4-6,9,14-15,17H,3,7-8,10-11H2,1-2H3. The molecule has 1 aliphatic heterocycles. The van der Waals surface area contributed by atoms with Crippen molar-refractivity contribution >= 4 is 0 Å². The largest absolute Gasteiger partial charge is 0.374 e. The molecule has 19 heavy (non-hydrogen) atoms. The van der Waals surface area contributed by atoms with Gasteiger partial charge in [-0.2, -0.15) is 0 Å². The maximum Gasteiger partial charge on any atom is 0.123 e. The van der Waals surface area contributed by atoms with Crippen LogP contribution in [-0.2, 0) is 4.74 Å². The van der Waals surface area contributed by atoms with Gasteiger partial charge in [-0.1, -0.05) is 19.1 Å². The summed E-state index contributed by atoms with van der Waals surface area (Å²) in [4.78, 5) is 2.26. The van der Waals surface area contributed by atoms with Crippen molar-refractivity contribution in [3.8, 4) is 0 Å². The number of likely N-dealkylation sites (N-methyl/N-ethyl adjacent to an activating group) is 1. The van der Waals surface area contributed by atoms with Crippen LogP contribution >= 0.6 is 0 Å². The highest BCUT2D eigenvalue weighted by atomic mass is 19.1. The van der Waals surface area contributed by atoms with Crippen molar-refractivity contribution in [2.75, 3.05) is 33.3 Å². The molecule has 1 heterocycles. The molecule has 3 nitrogen and oxygen atoms in total. The van der Waals surface area contributed by atoms with Gasteiger partial charge in [0.05, 0.1) is 12.7 Å². The number of hydrogen-bond donors (Lipinski definition) is 1. The Balaban J connectivity index is 1.99. The van der Waals surface area contributed by atoms with Crippen molar-refractivity contribution in [3.05, 3.63) is 35.6 Å². The molecule has 0 amide bonds. The molecule has 2 rings (SSSR count). The van der Waals surface area contributed by atoms with Gasteiger partial charge >= 0.3 is 0 Å². The fraction of sp³-hybridized carbons (Fsp3) is 0.600. The number of morpholine rings is 1. The van der Waals surface area contributed by atoms with Gasteiger partial charge in [0.25, 0.3) is 0 Å². The minimum absolute atomic E-state index is 0.167. The van der Waals surface area contributed by atoms with Crippen LogP contribution in [0.4, 0.5) is 4.39 Å². The molecule has 4 heteroatoms. The van der Waals surface area contributed by atoms with Crippen LogP contribution in [0.5, 0.6) is 0 Å². The van der Waals surface area contributed by atoms with Crippen LogP contribution in [0.2, 0.25) is 0 Å². The SMILES string of the molecule is CCC(c1cccc(F)c1)N(C)CC1CNCCO1. The molecule has 2 unspecified atom stereocenters. The van der Waals surface area contributed by atoms with Gasteiger partial charge in [0.15, 0.2) is 0 Å². The summed E-state index contributed by atoms with van der Waals surface area (Å²) in [5.41, 5.74) is 1.04. The Hall–Kier alpha value is -0.970. The second kappa shape index (κ2) is 6.98. The average Bonchev–Trinajstić information content (AvgIpc) is 2.41. The average molecular weight is 266 g/mol. The van der Waals surface area contributed by atoms with Crippen molar-refractivity contribution in [1.82, 2.24) is 10.2 Å². The molecule has 2 atom stereocenters. The quantitative estimate of drug-likeness (QED) is 0.884. The lowest BCUT2D eigenvalue weighted by Gasteiger charge is -2.33. The third-order valence-corrected chi connectivity index (χ3v) is 3.65. The summed E-state index contributed by atoms with van der Waals surface area (Å²) in [7, 11) is 2.08. The van der Waals surface area contributed by atoms with Gasteiger partial charge in [0.2, 0.25) is 0 Å². The molecule has 1 N–H and O–H groups in total. The third kappa shape index (κ3) is 4.00. The lowest BCUT2D eigenvalue weighted by molar-refractivity contribution is 0.00225. The highest BCUT2D eigenvalue weighted by Crippen LogP contribution is 2.23. The van der Waals surface area contributed by atoms with E-state index in [1.807, 2.05) is 6.07 Å². The fourth-order valence-corrected chi connectivity index (χ4v) is 2.70. The fourth-order valence-electron chi connectivity index (χ4n) is 2.70. The lowest BCUT2D eigenvalue weighted by atomic mass is 10.0. The van der Waals surface area contributed by atoms with Crippen molar-refractivity contribution in [2.24, 2.45) is 0 Å². The first-order chi connectivity index (χ1) is 9.20. The van der Waals surface area contributed by atoms with E-state index in [0.29, 0.717) is 0 Å². The first-order valence-electron chi connectivity index (χ1n) is 6.98. The van der Waals surface area contributed by atoms with Gasteiger partial charge in [-0.3, -0.25) is 4.90 Å². The number of halogens is 1. The van der Waals surface area contributed by atoms with E-state index in [2.05, 4.69) is 24.2 Å². The van der Waals surface area contributed by atoms with E-state index in [0.717, 1.165) is 38.2 Å². The zero-order chi connectivity index (χ0) is 13.7. The Morgan fingerprint density at radius 1 is 1.53 bits per heavy atom. The molecule has 1 aromatic rings. The van der Waals surface area contributed by atoms with E-state index in [1.165, 1.54) is 6.07 Å². The molecular weight excluding hydrogens is 243 g/mol. The Morgan fingerprint density at radius 2 is 2.37 bits per heavy atom. The maximum atomic E-state index is 13.3. The summed E-state index contributed by atoms with van der Waals surface area (Å²) in [6, 6.07) is 7.13. The molecule has 1 fully saturated rings. The number of ether oxygens (including phenoxy) is 1.